The van der Waals surface area contributed by atoms with E-state index in [9.17, 15) is 4.79 Å². The van der Waals surface area contributed by atoms with Gasteiger partial charge >= 0.3 is 0 Å². The second-order valence-corrected chi connectivity index (χ2v) is 5.84. The van der Waals surface area contributed by atoms with Crippen molar-refractivity contribution in [3.05, 3.63) is 66.1 Å². The van der Waals surface area contributed by atoms with Crippen LogP contribution in [0.1, 0.15) is 29.4 Å². The van der Waals surface area contributed by atoms with Crippen LogP contribution in [0, 0.1) is 0 Å². The highest BCUT2D eigenvalue weighted by Gasteiger charge is 2.04. The number of carbonyl (C=O) groups is 1. The summed E-state index contributed by atoms with van der Waals surface area (Å²) in [6, 6.07) is 13.8. The van der Waals surface area contributed by atoms with Crippen LogP contribution in [-0.2, 0) is 5.75 Å². The summed E-state index contributed by atoms with van der Waals surface area (Å²) in [5.74, 6) is 1.01. The molecule has 2 heterocycles. The molecular weight excluding hydrogens is 280 g/mol. The fourth-order valence-electron chi connectivity index (χ4n) is 2.16. The Kier molecular flexibility index (Phi) is 4.06. The number of pyridine rings is 1. The molecule has 0 amide bonds. The quantitative estimate of drug-likeness (QED) is 0.522. The SMILES string of the molecule is CCC(=O)c1ccc(SCc2cn3ccccc3n2)cc1. The first-order chi connectivity index (χ1) is 10.3. The standard InChI is InChI=1S/C17H16N2OS/c1-2-16(20)13-6-8-15(9-7-13)21-12-14-11-19-10-4-3-5-17(19)18-14/h3-11H,2,12H2,1H3. The van der Waals surface area contributed by atoms with Crippen LogP contribution in [0.3, 0.4) is 0 Å². The Morgan fingerprint density at radius 3 is 2.71 bits per heavy atom. The molecule has 0 radical (unpaired) electrons. The number of hydrogen-bond acceptors (Lipinski definition) is 3. The average molecular weight is 296 g/mol. The number of hydrogen-bond donors (Lipinski definition) is 0. The summed E-state index contributed by atoms with van der Waals surface area (Å²) in [5.41, 5.74) is 2.81. The Hall–Kier alpha value is -2.07. The van der Waals surface area contributed by atoms with E-state index in [1.165, 1.54) is 0 Å². The van der Waals surface area contributed by atoms with Gasteiger partial charge in [-0.25, -0.2) is 4.98 Å². The number of fused-ring (bicyclic) bond motifs is 1. The van der Waals surface area contributed by atoms with Crippen LogP contribution >= 0.6 is 11.8 Å². The lowest BCUT2D eigenvalue weighted by Crippen LogP contribution is -1.95. The largest absolute Gasteiger partial charge is 0.307 e. The van der Waals surface area contributed by atoms with Crippen molar-refractivity contribution in [3.8, 4) is 0 Å². The molecule has 0 unspecified atom stereocenters. The van der Waals surface area contributed by atoms with Gasteiger partial charge in [0.15, 0.2) is 5.78 Å². The third-order valence-corrected chi connectivity index (χ3v) is 4.34. The number of rotatable bonds is 5. The summed E-state index contributed by atoms with van der Waals surface area (Å²) >= 11 is 1.73. The van der Waals surface area contributed by atoms with Gasteiger partial charge in [0, 0.05) is 35.0 Å². The number of thioether (sulfide) groups is 1. The molecule has 0 spiro atoms. The second kappa shape index (κ2) is 6.14. The molecule has 0 aliphatic rings. The lowest BCUT2D eigenvalue weighted by Gasteiger charge is -2.01. The molecule has 21 heavy (non-hydrogen) atoms. The number of imidazole rings is 1. The molecule has 0 bridgehead atoms. The molecule has 0 atom stereocenters. The van der Waals surface area contributed by atoms with Gasteiger partial charge in [0.1, 0.15) is 5.65 Å². The normalized spacial score (nSPS) is 10.9. The molecule has 0 saturated carbocycles. The number of benzene rings is 1. The Morgan fingerprint density at radius 2 is 2.00 bits per heavy atom. The molecule has 4 heteroatoms. The number of nitrogens with zero attached hydrogens (tertiary/aromatic N) is 2. The number of Topliss-reactive ketones (excluding diaryl/α,β-unsaturated/α-hetero) is 1. The Bertz CT molecular complexity index is 729. The zero-order chi connectivity index (χ0) is 14.7. The van der Waals surface area contributed by atoms with E-state index >= 15 is 0 Å². The van der Waals surface area contributed by atoms with Crippen LogP contribution in [0.5, 0.6) is 0 Å². The minimum atomic E-state index is 0.187. The third kappa shape index (κ3) is 3.16. The first kappa shape index (κ1) is 13.9. The number of ketones is 1. The van der Waals surface area contributed by atoms with Gasteiger partial charge < -0.3 is 4.40 Å². The summed E-state index contributed by atoms with van der Waals surface area (Å²) in [6.45, 7) is 1.88. The zero-order valence-corrected chi connectivity index (χ0v) is 12.6. The van der Waals surface area contributed by atoms with Crippen molar-refractivity contribution in [1.82, 2.24) is 9.38 Å². The predicted octanol–water partition coefficient (Wildman–Crippen LogP) is 4.22. The molecule has 0 aliphatic heterocycles. The Balaban J connectivity index is 1.68. The van der Waals surface area contributed by atoms with Gasteiger partial charge in [-0.15, -0.1) is 11.8 Å². The van der Waals surface area contributed by atoms with E-state index in [1.54, 1.807) is 11.8 Å². The van der Waals surface area contributed by atoms with Crippen LogP contribution in [0.25, 0.3) is 5.65 Å². The summed E-state index contributed by atoms with van der Waals surface area (Å²) in [7, 11) is 0. The van der Waals surface area contributed by atoms with Gasteiger partial charge in [0.05, 0.1) is 5.69 Å². The molecule has 0 N–H and O–H groups in total. The number of carbonyl (C=O) groups excluding carboxylic acids is 1. The molecule has 106 valence electrons. The summed E-state index contributed by atoms with van der Waals surface area (Å²) < 4.78 is 2.03. The molecule has 3 nitrogen and oxygen atoms in total. The van der Waals surface area contributed by atoms with Crippen LogP contribution in [0.2, 0.25) is 0 Å². The lowest BCUT2D eigenvalue weighted by atomic mass is 10.1. The van der Waals surface area contributed by atoms with Crippen molar-refractivity contribution >= 4 is 23.2 Å². The predicted molar refractivity (Wildman–Crippen MR) is 85.8 cm³/mol. The Labute approximate surface area is 128 Å². The van der Waals surface area contributed by atoms with E-state index in [1.807, 2.05) is 60.0 Å². The lowest BCUT2D eigenvalue weighted by molar-refractivity contribution is 0.0988. The van der Waals surface area contributed by atoms with Gasteiger partial charge in [-0.05, 0) is 24.3 Å². The number of aromatic nitrogens is 2. The van der Waals surface area contributed by atoms with Gasteiger partial charge in [-0.3, -0.25) is 4.79 Å². The molecule has 0 aliphatic carbocycles. The van der Waals surface area contributed by atoms with E-state index in [2.05, 4.69) is 11.2 Å². The summed E-state index contributed by atoms with van der Waals surface area (Å²) in [6.07, 6.45) is 4.60. The van der Waals surface area contributed by atoms with Crippen LogP contribution in [0.4, 0.5) is 0 Å². The smallest absolute Gasteiger partial charge is 0.162 e. The van der Waals surface area contributed by atoms with Crippen molar-refractivity contribution in [2.75, 3.05) is 0 Å². The average Bonchev–Trinajstić information content (AvgIpc) is 2.95. The van der Waals surface area contributed by atoms with Crippen LogP contribution in [0.15, 0.2) is 59.8 Å². The molecule has 0 fully saturated rings. The topological polar surface area (TPSA) is 34.4 Å². The van der Waals surface area contributed by atoms with E-state index in [4.69, 9.17) is 0 Å². The highest BCUT2D eigenvalue weighted by atomic mass is 32.2. The van der Waals surface area contributed by atoms with Gasteiger partial charge in [-0.2, -0.15) is 0 Å². The minimum Gasteiger partial charge on any atom is -0.307 e. The fraction of sp³-hybridized carbons (Fsp3) is 0.176. The zero-order valence-electron chi connectivity index (χ0n) is 11.8. The molecule has 0 saturated heterocycles. The monoisotopic (exact) mass is 296 g/mol. The third-order valence-electron chi connectivity index (χ3n) is 3.30. The van der Waals surface area contributed by atoms with Gasteiger partial charge in [0.25, 0.3) is 0 Å². The maximum atomic E-state index is 11.6. The van der Waals surface area contributed by atoms with E-state index < -0.39 is 0 Å². The maximum Gasteiger partial charge on any atom is 0.162 e. The first-order valence-electron chi connectivity index (χ1n) is 6.95. The van der Waals surface area contributed by atoms with Gasteiger partial charge in [-0.1, -0.05) is 25.1 Å². The van der Waals surface area contributed by atoms with Crippen molar-refractivity contribution in [2.45, 2.75) is 24.0 Å². The second-order valence-electron chi connectivity index (χ2n) is 4.79. The van der Waals surface area contributed by atoms with Crippen molar-refractivity contribution in [3.63, 3.8) is 0 Å². The molecular formula is C17H16N2OS. The van der Waals surface area contributed by atoms with E-state index in [-0.39, 0.29) is 5.78 Å². The van der Waals surface area contributed by atoms with Crippen molar-refractivity contribution in [2.24, 2.45) is 0 Å². The molecule has 1 aromatic carbocycles. The van der Waals surface area contributed by atoms with E-state index in [0.717, 1.165) is 27.6 Å². The van der Waals surface area contributed by atoms with Crippen molar-refractivity contribution in [1.29, 1.82) is 0 Å². The molecule has 2 aromatic heterocycles. The summed E-state index contributed by atoms with van der Waals surface area (Å²) in [5, 5.41) is 0. The Morgan fingerprint density at radius 1 is 1.19 bits per heavy atom. The van der Waals surface area contributed by atoms with Gasteiger partial charge in [0.2, 0.25) is 0 Å². The first-order valence-corrected chi connectivity index (χ1v) is 7.93. The summed E-state index contributed by atoms with van der Waals surface area (Å²) in [4.78, 5) is 17.3. The molecule has 3 aromatic rings. The van der Waals surface area contributed by atoms with Crippen molar-refractivity contribution < 1.29 is 4.79 Å². The minimum absolute atomic E-state index is 0.187. The maximum absolute atomic E-state index is 11.6. The van der Waals surface area contributed by atoms with Crippen LogP contribution in [-0.4, -0.2) is 15.2 Å². The highest BCUT2D eigenvalue weighted by Crippen LogP contribution is 2.23. The van der Waals surface area contributed by atoms with E-state index in [0.29, 0.717) is 6.42 Å². The molecule has 3 rings (SSSR count). The van der Waals surface area contributed by atoms with Crippen LogP contribution < -0.4 is 0 Å². The highest BCUT2D eigenvalue weighted by molar-refractivity contribution is 7.98. The fourth-order valence-corrected chi connectivity index (χ4v) is 2.94.